The van der Waals surface area contributed by atoms with Gasteiger partial charge in [0.1, 0.15) is 0 Å². The number of rotatable bonds is 0. The Bertz CT molecular complexity index is 51.0. The third-order valence-electron chi connectivity index (χ3n) is 0. The maximum atomic E-state index is 9.22. The summed E-state index contributed by atoms with van der Waals surface area (Å²) in [7, 11) is 5.50. The molecule has 0 aromatic heterocycles. The van der Waals surface area contributed by atoms with Gasteiger partial charge in [-0.15, -0.1) is 0 Å². The molecule has 1 radical (unpaired) electrons. The summed E-state index contributed by atoms with van der Waals surface area (Å²) >= 11 is 0. The number of primary amides is 1. The van der Waals surface area contributed by atoms with E-state index in [9.17, 15) is 4.79 Å². The van der Waals surface area contributed by atoms with Gasteiger partial charge in [-0.2, -0.15) is 0 Å². The van der Waals surface area contributed by atoms with Crippen LogP contribution >= 0.6 is 0 Å². The predicted octanol–water partition coefficient (Wildman–Crippen LogP) is -2.95. The topological polar surface area (TPSA) is 117 Å². The van der Waals surface area contributed by atoms with Gasteiger partial charge in [0.05, 0.1) is 14.1 Å². The molecule has 69 valence electrons. The maximum Gasteiger partial charge on any atom is 0.214 e. The van der Waals surface area contributed by atoms with Gasteiger partial charge in [0.25, 0.3) is 0 Å². The second-order valence-electron chi connectivity index (χ2n) is 1.19. The normalized spacial score (nSPS) is 4.45. The summed E-state index contributed by atoms with van der Waals surface area (Å²) < 4.78 is 0. The molecular formula is C5H20N3O2Y+. The molecule has 0 atom stereocenters. The molecule has 0 unspecified atom stereocenters. The zero-order valence-electron chi connectivity index (χ0n) is 7.72. The Hall–Kier alpha value is 0.454. The van der Waals surface area contributed by atoms with Gasteiger partial charge < -0.3 is 22.3 Å². The van der Waals surface area contributed by atoms with Crippen LogP contribution < -0.4 is 16.8 Å². The Kier molecular flexibility index (Phi) is 129. The minimum absolute atomic E-state index is 0. The number of quaternary nitrogens is 1. The fourth-order valence-electron chi connectivity index (χ4n) is 0. The Morgan fingerprint density at radius 3 is 1.27 bits per heavy atom. The van der Waals surface area contributed by atoms with Crippen LogP contribution in [0.25, 0.3) is 0 Å². The van der Waals surface area contributed by atoms with Gasteiger partial charge in [0, 0.05) is 39.6 Å². The summed E-state index contributed by atoms with van der Waals surface area (Å²) in [6.07, 6.45) is 0. The van der Waals surface area contributed by atoms with Crippen molar-refractivity contribution in [3.8, 4) is 0 Å². The van der Waals surface area contributed by atoms with Crippen LogP contribution in [0.5, 0.6) is 0 Å². The average Bonchev–Trinajstić information content (AvgIpc) is 1.71. The first kappa shape index (κ1) is 30.1. The zero-order valence-corrected chi connectivity index (χ0v) is 10.6. The van der Waals surface area contributed by atoms with E-state index in [0.717, 1.165) is 0 Å². The van der Waals surface area contributed by atoms with E-state index in [4.69, 9.17) is 0 Å². The molecule has 0 aromatic rings. The molecule has 0 fully saturated rings. The fraction of sp³-hybridized carbons (Fsp3) is 0.800. The van der Waals surface area contributed by atoms with Crippen molar-refractivity contribution in [2.75, 3.05) is 21.1 Å². The van der Waals surface area contributed by atoms with Crippen molar-refractivity contribution in [1.82, 2.24) is 0 Å². The fourth-order valence-corrected chi connectivity index (χ4v) is 0. The molecule has 5 nitrogen and oxygen atoms in total. The Morgan fingerprint density at radius 2 is 1.27 bits per heavy atom. The molecule has 0 aliphatic carbocycles. The van der Waals surface area contributed by atoms with E-state index in [-0.39, 0.29) is 44.1 Å². The summed E-state index contributed by atoms with van der Waals surface area (Å²) in [4.78, 5) is 9.22. The number of carbonyl (C=O) groups excluding carboxylic acids is 1. The zero-order chi connectivity index (χ0) is 8.28. The molecule has 0 bridgehead atoms. The first-order valence-corrected chi connectivity index (χ1v) is 2.72. The first-order valence-electron chi connectivity index (χ1n) is 2.72. The van der Waals surface area contributed by atoms with E-state index in [0.29, 0.717) is 0 Å². The third-order valence-corrected chi connectivity index (χ3v) is 0. The van der Waals surface area contributed by atoms with Crippen molar-refractivity contribution in [1.29, 1.82) is 0 Å². The number of amides is 1. The second kappa shape index (κ2) is 47.1. The molecule has 0 spiro atoms. The number of hydrogen-bond acceptors (Lipinski definition) is 2. The molecule has 0 heterocycles. The van der Waals surface area contributed by atoms with Gasteiger partial charge >= 0.3 is 0 Å². The standard InChI is InChI=1S/C2H5NO.C2H7N.CH5N.H2O.Y/c1-2(3)4;1-3-2;1-2;;/h1H3,(H2,3,4);3H,1-2H3;2H2,1H3;1H2;/p+1. The van der Waals surface area contributed by atoms with Crippen molar-refractivity contribution in [2.24, 2.45) is 11.5 Å². The van der Waals surface area contributed by atoms with Gasteiger partial charge in [0.15, 0.2) is 0 Å². The Balaban J connectivity index is -0.0000000158. The molecule has 0 aromatic carbocycles. The molecule has 8 N–H and O–H groups in total. The Morgan fingerprint density at radius 1 is 1.27 bits per heavy atom. The van der Waals surface area contributed by atoms with Gasteiger partial charge in [-0.3, -0.25) is 4.79 Å². The van der Waals surface area contributed by atoms with Crippen molar-refractivity contribution < 1.29 is 48.3 Å². The molecule has 1 amide bonds. The van der Waals surface area contributed by atoms with Crippen LogP contribution in [0.15, 0.2) is 0 Å². The van der Waals surface area contributed by atoms with Crippen LogP contribution in [-0.2, 0) is 37.5 Å². The third kappa shape index (κ3) is 3630. The monoisotopic (exact) mass is 243 g/mol. The maximum absolute atomic E-state index is 9.22. The average molecular weight is 243 g/mol. The van der Waals surface area contributed by atoms with E-state index in [1.807, 2.05) is 19.4 Å². The van der Waals surface area contributed by atoms with E-state index >= 15 is 0 Å². The first-order chi connectivity index (χ1) is 4.15. The summed E-state index contributed by atoms with van der Waals surface area (Å²) in [6.45, 7) is 1.31. The summed E-state index contributed by atoms with van der Waals surface area (Å²) in [6, 6.07) is 0. The van der Waals surface area contributed by atoms with E-state index in [1.165, 1.54) is 14.0 Å². The Labute approximate surface area is 93.5 Å². The molecule has 11 heavy (non-hydrogen) atoms. The number of nitrogens with two attached hydrogens (primary N) is 3. The molecule has 0 saturated heterocycles. The summed E-state index contributed by atoms with van der Waals surface area (Å²) in [5.41, 5.74) is 8.97. The van der Waals surface area contributed by atoms with Crippen LogP contribution in [0.2, 0.25) is 0 Å². The SMILES string of the molecule is CC(N)=O.CN.C[NH2+]C.O.[Y]. The molecule has 0 aliphatic rings. The van der Waals surface area contributed by atoms with Gasteiger partial charge in [0.2, 0.25) is 5.91 Å². The van der Waals surface area contributed by atoms with Gasteiger partial charge in [-0.1, -0.05) is 0 Å². The second-order valence-corrected chi connectivity index (χ2v) is 1.19. The molecule has 0 aliphatic heterocycles. The molecule has 0 rings (SSSR count). The minimum atomic E-state index is -0.333. The quantitative estimate of drug-likeness (QED) is 0.422. The predicted molar refractivity (Wildman–Crippen MR) is 42.4 cm³/mol. The summed E-state index contributed by atoms with van der Waals surface area (Å²) in [5.74, 6) is -0.333. The molecule has 6 heteroatoms. The van der Waals surface area contributed by atoms with E-state index in [1.54, 1.807) is 0 Å². The van der Waals surface area contributed by atoms with Crippen LogP contribution in [0.4, 0.5) is 0 Å². The van der Waals surface area contributed by atoms with Crippen molar-refractivity contribution in [3.05, 3.63) is 0 Å². The summed E-state index contributed by atoms with van der Waals surface area (Å²) in [5, 5.41) is 2.00. The van der Waals surface area contributed by atoms with E-state index in [2.05, 4.69) is 11.5 Å². The van der Waals surface area contributed by atoms with E-state index < -0.39 is 0 Å². The smallest absolute Gasteiger partial charge is 0.214 e. The van der Waals surface area contributed by atoms with Crippen molar-refractivity contribution >= 4 is 5.91 Å². The molecule has 0 saturated carbocycles. The van der Waals surface area contributed by atoms with Crippen LogP contribution in [0.3, 0.4) is 0 Å². The number of carbonyl (C=O) groups is 1. The van der Waals surface area contributed by atoms with Gasteiger partial charge in [-0.05, 0) is 7.05 Å². The largest absolute Gasteiger partial charge is 0.412 e. The van der Waals surface area contributed by atoms with Crippen molar-refractivity contribution in [3.63, 3.8) is 0 Å². The van der Waals surface area contributed by atoms with Gasteiger partial charge in [-0.25, -0.2) is 0 Å². The molecular weight excluding hydrogens is 223 g/mol. The van der Waals surface area contributed by atoms with Crippen molar-refractivity contribution in [2.45, 2.75) is 6.92 Å². The number of hydrogen-bond donors (Lipinski definition) is 3. The minimum Gasteiger partial charge on any atom is -0.412 e. The van der Waals surface area contributed by atoms with Crippen LogP contribution in [-0.4, -0.2) is 32.5 Å². The van der Waals surface area contributed by atoms with Crippen LogP contribution in [0, 0.1) is 0 Å². The van der Waals surface area contributed by atoms with Crippen LogP contribution in [0.1, 0.15) is 6.92 Å².